The number of hydrogen-bond donors (Lipinski definition) is 1. The minimum Gasteiger partial charge on any atom is -0.492 e. The molecular weight excluding hydrogens is 402 g/mol. The number of hydrogen-bond acceptors (Lipinski definition) is 2. The summed E-state index contributed by atoms with van der Waals surface area (Å²) in [7, 11) is 0. The van der Waals surface area contributed by atoms with Gasteiger partial charge in [-0.05, 0) is 12.5 Å². The van der Waals surface area contributed by atoms with Gasteiger partial charge in [-0.25, -0.2) is 4.79 Å². The normalized spacial score (nSPS) is 22.2. The summed E-state index contributed by atoms with van der Waals surface area (Å²) in [5.74, 6) is 0.345. The lowest BCUT2D eigenvalue weighted by Gasteiger charge is -2.34. The van der Waals surface area contributed by atoms with Gasteiger partial charge in [0.15, 0.2) is 5.41 Å². The van der Waals surface area contributed by atoms with Crippen LogP contribution in [0.1, 0.15) is 24.4 Å². The summed E-state index contributed by atoms with van der Waals surface area (Å²) in [6.45, 7) is -1.90. The number of carbonyl (C=O) groups is 1. The Hall–Kier alpha value is -1.84. The predicted octanol–water partition coefficient (Wildman–Crippen LogP) is 4.69. The first-order chi connectivity index (χ1) is 12.5. The molecule has 3 rings (SSSR count). The van der Waals surface area contributed by atoms with Crippen LogP contribution in [0.15, 0.2) is 18.2 Å². The molecule has 2 aliphatic rings. The number of likely N-dealkylation sites (tertiary alicyclic amines) is 1. The number of nitrogens with zero attached hydrogens (tertiary/aromatic N) is 1. The summed E-state index contributed by atoms with van der Waals surface area (Å²) in [5.41, 5.74) is -3.38. The number of carbonyl (C=O) groups excluding carboxylic acids is 1. The zero-order valence-corrected chi connectivity index (χ0v) is 14.5. The summed E-state index contributed by atoms with van der Waals surface area (Å²) in [6.07, 6.45) is -11.9. The number of halogens is 7. The SMILES string of the molecule is O=C(N[C@@H]1CCOc2c(Cl)cccc21)N1CCC(C(F)(F)F)(C(F)(F)F)C1. The van der Waals surface area contributed by atoms with Gasteiger partial charge in [-0.2, -0.15) is 26.3 Å². The van der Waals surface area contributed by atoms with Crippen molar-refractivity contribution < 1.29 is 35.9 Å². The molecular formula is C16H15ClF6N2O2. The van der Waals surface area contributed by atoms with Crippen molar-refractivity contribution in [3.63, 3.8) is 0 Å². The average molecular weight is 417 g/mol. The molecule has 150 valence electrons. The quantitative estimate of drug-likeness (QED) is 0.675. The number of ether oxygens (including phenoxy) is 1. The largest absolute Gasteiger partial charge is 0.492 e. The van der Waals surface area contributed by atoms with Crippen LogP contribution in [0.2, 0.25) is 5.02 Å². The monoisotopic (exact) mass is 416 g/mol. The number of para-hydroxylation sites is 1. The maximum Gasteiger partial charge on any atom is 0.404 e. The van der Waals surface area contributed by atoms with Crippen molar-refractivity contribution in [3.05, 3.63) is 28.8 Å². The number of urea groups is 1. The fourth-order valence-corrected chi connectivity index (χ4v) is 3.62. The molecule has 0 spiro atoms. The zero-order chi connectivity index (χ0) is 20.0. The second kappa shape index (κ2) is 6.65. The summed E-state index contributed by atoms with van der Waals surface area (Å²) < 4.78 is 84.3. The molecule has 0 saturated carbocycles. The van der Waals surface area contributed by atoms with E-state index in [1.54, 1.807) is 18.2 Å². The highest BCUT2D eigenvalue weighted by atomic mass is 35.5. The highest BCUT2D eigenvalue weighted by molar-refractivity contribution is 6.32. The number of amides is 2. The summed E-state index contributed by atoms with van der Waals surface area (Å²) in [6, 6.07) is 3.22. The molecule has 1 saturated heterocycles. The number of fused-ring (bicyclic) bond motifs is 1. The van der Waals surface area contributed by atoms with Crippen LogP contribution < -0.4 is 10.1 Å². The van der Waals surface area contributed by atoms with Gasteiger partial charge >= 0.3 is 18.4 Å². The van der Waals surface area contributed by atoms with E-state index in [0.717, 1.165) is 0 Å². The molecule has 4 nitrogen and oxygen atoms in total. The third-order valence-corrected chi connectivity index (χ3v) is 5.26. The van der Waals surface area contributed by atoms with Gasteiger partial charge < -0.3 is 15.0 Å². The fraction of sp³-hybridized carbons (Fsp3) is 0.562. The first kappa shape index (κ1) is 19.9. The molecule has 2 amide bonds. The van der Waals surface area contributed by atoms with Crippen molar-refractivity contribution in [2.45, 2.75) is 31.2 Å². The van der Waals surface area contributed by atoms with Crippen molar-refractivity contribution in [3.8, 4) is 5.75 Å². The Morgan fingerprint density at radius 1 is 1.22 bits per heavy atom. The lowest BCUT2D eigenvalue weighted by molar-refractivity contribution is -0.334. The number of alkyl halides is 6. The number of benzene rings is 1. The van der Waals surface area contributed by atoms with Gasteiger partial charge in [0.05, 0.1) is 17.7 Å². The molecule has 11 heteroatoms. The van der Waals surface area contributed by atoms with Crippen LogP contribution in [0.25, 0.3) is 0 Å². The molecule has 1 N–H and O–H groups in total. The minimum atomic E-state index is -5.50. The van der Waals surface area contributed by atoms with Crippen molar-refractivity contribution >= 4 is 17.6 Å². The molecule has 1 aromatic carbocycles. The van der Waals surface area contributed by atoms with E-state index in [0.29, 0.717) is 27.7 Å². The molecule has 0 aromatic heterocycles. The molecule has 1 aromatic rings. The van der Waals surface area contributed by atoms with Crippen LogP contribution >= 0.6 is 11.6 Å². The van der Waals surface area contributed by atoms with Gasteiger partial charge in [0.25, 0.3) is 0 Å². The Morgan fingerprint density at radius 3 is 2.48 bits per heavy atom. The van der Waals surface area contributed by atoms with E-state index in [4.69, 9.17) is 16.3 Å². The summed E-state index contributed by atoms with van der Waals surface area (Å²) in [5, 5.41) is 2.80. The number of rotatable bonds is 1. The molecule has 27 heavy (non-hydrogen) atoms. The maximum atomic E-state index is 13.1. The van der Waals surface area contributed by atoms with E-state index in [9.17, 15) is 31.1 Å². The Balaban J connectivity index is 1.77. The van der Waals surface area contributed by atoms with Gasteiger partial charge in [-0.1, -0.05) is 23.7 Å². The third kappa shape index (κ3) is 3.39. The van der Waals surface area contributed by atoms with Crippen molar-refractivity contribution in [1.29, 1.82) is 0 Å². The fourth-order valence-electron chi connectivity index (χ4n) is 3.38. The van der Waals surface area contributed by atoms with E-state index in [1.165, 1.54) is 0 Å². The first-order valence-electron chi connectivity index (χ1n) is 8.06. The van der Waals surface area contributed by atoms with Crippen molar-refractivity contribution in [2.24, 2.45) is 5.41 Å². The van der Waals surface area contributed by atoms with Crippen LogP contribution in [0.4, 0.5) is 31.1 Å². The average Bonchev–Trinajstić information content (AvgIpc) is 3.02. The van der Waals surface area contributed by atoms with E-state index >= 15 is 0 Å². The summed E-state index contributed by atoms with van der Waals surface area (Å²) in [4.78, 5) is 12.9. The number of nitrogens with one attached hydrogen (secondary N) is 1. The van der Waals surface area contributed by atoms with Crippen LogP contribution in [0, 0.1) is 5.41 Å². The maximum absolute atomic E-state index is 13.1. The lowest BCUT2D eigenvalue weighted by atomic mass is 9.85. The second-order valence-corrected chi connectivity index (χ2v) is 6.95. The molecule has 0 bridgehead atoms. The first-order valence-corrected chi connectivity index (χ1v) is 8.44. The molecule has 0 aliphatic carbocycles. The van der Waals surface area contributed by atoms with E-state index in [-0.39, 0.29) is 6.61 Å². The van der Waals surface area contributed by atoms with Crippen LogP contribution in [-0.2, 0) is 0 Å². The van der Waals surface area contributed by atoms with E-state index < -0.39 is 49.4 Å². The van der Waals surface area contributed by atoms with Crippen molar-refractivity contribution in [1.82, 2.24) is 10.2 Å². The Kier molecular flexibility index (Phi) is 4.90. The summed E-state index contributed by atoms with van der Waals surface area (Å²) >= 11 is 6.01. The molecule has 1 atom stereocenters. The van der Waals surface area contributed by atoms with Crippen LogP contribution in [0.5, 0.6) is 5.75 Å². The third-order valence-electron chi connectivity index (χ3n) is 4.97. The van der Waals surface area contributed by atoms with Crippen LogP contribution in [0.3, 0.4) is 0 Å². The molecule has 2 heterocycles. The van der Waals surface area contributed by atoms with Gasteiger partial charge in [0.1, 0.15) is 5.75 Å². The minimum absolute atomic E-state index is 0.205. The van der Waals surface area contributed by atoms with Gasteiger partial charge in [0, 0.05) is 25.1 Å². The molecule has 2 aliphatic heterocycles. The Morgan fingerprint density at radius 2 is 1.89 bits per heavy atom. The Labute approximate surface area is 155 Å². The molecule has 1 fully saturated rings. The highest BCUT2D eigenvalue weighted by Crippen LogP contribution is 2.55. The molecule has 0 unspecified atom stereocenters. The van der Waals surface area contributed by atoms with E-state index in [2.05, 4.69) is 5.32 Å². The molecule has 0 radical (unpaired) electrons. The second-order valence-electron chi connectivity index (χ2n) is 6.55. The van der Waals surface area contributed by atoms with Gasteiger partial charge in [-0.15, -0.1) is 0 Å². The zero-order valence-electron chi connectivity index (χ0n) is 13.8. The van der Waals surface area contributed by atoms with E-state index in [1.807, 2.05) is 0 Å². The highest BCUT2D eigenvalue weighted by Gasteiger charge is 2.73. The standard InChI is InChI=1S/C16H15ClF6N2O2/c17-10-3-1-2-9-11(4-7-27-12(9)10)24-13(26)25-6-5-14(8-25,15(18,19)20)16(21,22)23/h1-3,11H,4-8H2,(H,24,26)/t11-/m1/s1. The van der Waals surface area contributed by atoms with Crippen molar-refractivity contribution in [2.75, 3.05) is 19.7 Å². The van der Waals surface area contributed by atoms with Gasteiger partial charge in [-0.3, -0.25) is 0 Å². The predicted molar refractivity (Wildman–Crippen MR) is 83.6 cm³/mol. The lowest BCUT2D eigenvalue weighted by Crippen LogP contribution is -2.53. The van der Waals surface area contributed by atoms with Gasteiger partial charge in [0.2, 0.25) is 0 Å². The van der Waals surface area contributed by atoms with Crippen LogP contribution in [-0.4, -0.2) is 43.0 Å². The topological polar surface area (TPSA) is 41.6 Å². The Bertz CT molecular complexity index is 723. The smallest absolute Gasteiger partial charge is 0.404 e.